The van der Waals surface area contributed by atoms with Crippen molar-refractivity contribution in [1.82, 2.24) is 14.8 Å². The van der Waals surface area contributed by atoms with Crippen molar-refractivity contribution in [3.63, 3.8) is 0 Å². The van der Waals surface area contributed by atoms with E-state index in [2.05, 4.69) is 14.9 Å². The molecule has 3 aromatic rings. The lowest BCUT2D eigenvalue weighted by Crippen LogP contribution is -2.21. The Hall–Kier alpha value is -2.82. The van der Waals surface area contributed by atoms with Crippen LogP contribution in [0.2, 0.25) is 5.02 Å². The predicted molar refractivity (Wildman–Crippen MR) is 125 cm³/mol. The number of aromatic nitrogens is 3. The first-order chi connectivity index (χ1) is 15.9. The van der Waals surface area contributed by atoms with E-state index in [1.54, 1.807) is 47.0 Å². The largest absolute Gasteiger partial charge is 0.494 e. The van der Waals surface area contributed by atoms with Crippen molar-refractivity contribution in [2.75, 3.05) is 31.3 Å². The van der Waals surface area contributed by atoms with Crippen LogP contribution in [-0.4, -0.2) is 49.8 Å². The number of halogens is 1. The number of rotatable bonds is 9. The fraction of sp³-hybridized carbons (Fsp3) is 0.364. The highest BCUT2D eigenvalue weighted by Crippen LogP contribution is 2.38. The molecule has 9 nitrogen and oxygen atoms in total. The standard InChI is InChI=1S/C22H25ClN4O5S/c1-30-17-5-3-6-18(31-2)20(17)27-21(19-7-4-13-32-19)24-25-22(27)26-33(28,29)14-12-15-8-10-16(23)11-9-15/h3,5-6,8-11,19H,4,7,12-14H2,1-2H3,(H,25,26). The van der Waals surface area contributed by atoms with E-state index in [0.29, 0.717) is 41.1 Å². The smallest absolute Gasteiger partial charge is 0.243 e. The molecule has 176 valence electrons. The molecule has 1 aliphatic rings. The van der Waals surface area contributed by atoms with Crippen LogP contribution in [0, 0.1) is 0 Å². The third-order valence-corrected chi connectivity index (χ3v) is 6.84. The van der Waals surface area contributed by atoms with E-state index in [0.717, 1.165) is 18.4 Å². The van der Waals surface area contributed by atoms with E-state index >= 15 is 0 Å². The number of hydrogen-bond donors (Lipinski definition) is 1. The van der Waals surface area contributed by atoms with Gasteiger partial charge in [-0.1, -0.05) is 29.8 Å². The van der Waals surface area contributed by atoms with Crippen LogP contribution >= 0.6 is 11.6 Å². The molecule has 1 aliphatic heterocycles. The molecule has 0 amide bonds. The molecule has 33 heavy (non-hydrogen) atoms. The Bertz CT molecular complexity index is 1190. The normalized spacial score (nSPS) is 16.0. The second kappa shape index (κ2) is 9.98. The van der Waals surface area contributed by atoms with Gasteiger partial charge in [0.2, 0.25) is 16.0 Å². The highest BCUT2D eigenvalue weighted by Gasteiger charge is 2.30. The van der Waals surface area contributed by atoms with E-state index in [9.17, 15) is 8.42 Å². The van der Waals surface area contributed by atoms with Gasteiger partial charge in [-0.15, -0.1) is 10.2 Å². The lowest BCUT2D eigenvalue weighted by molar-refractivity contribution is 0.103. The number of aryl methyl sites for hydroxylation is 1. The molecule has 1 atom stereocenters. The van der Waals surface area contributed by atoms with E-state index in [-0.39, 0.29) is 17.8 Å². The number of hydrogen-bond acceptors (Lipinski definition) is 7. The van der Waals surface area contributed by atoms with Crippen LogP contribution in [0.5, 0.6) is 11.5 Å². The zero-order valence-electron chi connectivity index (χ0n) is 18.3. The Balaban J connectivity index is 1.70. The molecule has 1 N–H and O–H groups in total. The number of sulfonamides is 1. The van der Waals surface area contributed by atoms with Crippen LogP contribution < -0.4 is 14.2 Å². The summed E-state index contributed by atoms with van der Waals surface area (Å²) in [5.74, 6) is 1.34. The summed E-state index contributed by atoms with van der Waals surface area (Å²) in [5.41, 5.74) is 1.35. The van der Waals surface area contributed by atoms with Gasteiger partial charge < -0.3 is 14.2 Å². The SMILES string of the molecule is COc1cccc(OC)c1-n1c(NS(=O)(=O)CCc2ccc(Cl)cc2)nnc1C1CCCO1. The number of methoxy groups -OCH3 is 2. The summed E-state index contributed by atoms with van der Waals surface area (Å²) in [6, 6.07) is 12.4. The maximum atomic E-state index is 13.0. The quantitative estimate of drug-likeness (QED) is 0.484. The number of benzene rings is 2. The lowest BCUT2D eigenvalue weighted by atomic mass is 10.2. The summed E-state index contributed by atoms with van der Waals surface area (Å²) in [4.78, 5) is 0. The minimum Gasteiger partial charge on any atom is -0.494 e. The van der Waals surface area contributed by atoms with Crippen LogP contribution in [0.15, 0.2) is 42.5 Å². The van der Waals surface area contributed by atoms with Crippen LogP contribution in [-0.2, 0) is 21.2 Å². The zero-order chi connectivity index (χ0) is 23.4. The number of para-hydroxylation sites is 1. The monoisotopic (exact) mass is 492 g/mol. The van der Waals surface area contributed by atoms with Gasteiger partial charge >= 0.3 is 0 Å². The highest BCUT2D eigenvalue weighted by atomic mass is 35.5. The Morgan fingerprint density at radius 2 is 1.82 bits per heavy atom. The topological polar surface area (TPSA) is 105 Å². The molecular formula is C22H25ClN4O5S. The molecule has 11 heteroatoms. The van der Waals surface area contributed by atoms with Gasteiger partial charge in [-0.2, -0.15) is 0 Å². The first-order valence-corrected chi connectivity index (χ1v) is 12.5. The number of nitrogens with zero attached hydrogens (tertiary/aromatic N) is 3. The van der Waals surface area contributed by atoms with Gasteiger partial charge in [-0.3, -0.25) is 9.29 Å². The third kappa shape index (κ3) is 5.23. The van der Waals surface area contributed by atoms with Crippen LogP contribution in [0.25, 0.3) is 5.69 Å². The van der Waals surface area contributed by atoms with Gasteiger partial charge in [0.15, 0.2) is 5.82 Å². The lowest BCUT2D eigenvalue weighted by Gasteiger charge is -2.19. The first kappa shape index (κ1) is 23.3. The first-order valence-electron chi connectivity index (χ1n) is 10.4. The summed E-state index contributed by atoms with van der Waals surface area (Å²) in [6.45, 7) is 0.600. The minimum atomic E-state index is -3.75. The van der Waals surface area contributed by atoms with Crippen molar-refractivity contribution in [3.05, 3.63) is 58.9 Å². The van der Waals surface area contributed by atoms with Crippen molar-refractivity contribution < 1.29 is 22.6 Å². The van der Waals surface area contributed by atoms with Gasteiger partial charge in [0.1, 0.15) is 23.3 Å². The molecule has 1 fully saturated rings. The molecule has 0 radical (unpaired) electrons. The maximum absolute atomic E-state index is 13.0. The van der Waals surface area contributed by atoms with E-state index in [1.807, 2.05) is 0 Å². The molecule has 2 heterocycles. The molecule has 1 unspecified atom stereocenters. The van der Waals surface area contributed by atoms with E-state index in [1.165, 1.54) is 14.2 Å². The Kier molecular flexibility index (Phi) is 7.06. The second-order valence-electron chi connectivity index (χ2n) is 7.53. The average molecular weight is 493 g/mol. The summed E-state index contributed by atoms with van der Waals surface area (Å²) in [5, 5.41) is 9.02. The fourth-order valence-corrected chi connectivity index (χ4v) is 4.86. The summed E-state index contributed by atoms with van der Waals surface area (Å²) in [6.07, 6.45) is 1.62. The van der Waals surface area contributed by atoms with Gasteiger partial charge in [0.05, 0.1) is 20.0 Å². The van der Waals surface area contributed by atoms with Gasteiger partial charge in [-0.05, 0) is 49.1 Å². The molecule has 0 saturated carbocycles. The van der Waals surface area contributed by atoms with Gasteiger partial charge in [0.25, 0.3) is 0 Å². The van der Waals surface area contributed by atoms with Crippen LogP contribution in [0.3, 0.4) is 0 Å². The third-order valence-electron chi connectivity index (χ3n) is 5.35. The van der Waals surface area contributed by atoms with Crippen LogP contribution in [0.1, 0.15) is 30.3 Å². The molecule has 4 rings (SSSR count). The predicted octanol–water partition coefficient (Wildman–Crippen LogP) is 3.77. The molecular weight excluding hydrogens is 468 g/mol. The number of nitrogens with one attached hydrogen (secondary N) is 1. The Morgan fingerprint density at radius 1 is 1.12 bits per heavy atom. The highest BCUT2D eigenvalue weighted by molar-refractivity contribution is 7.92. The summed E-state index contributed by atoms with van der Waals surface area (Å²) < 4.78 is 47.0. The van der Waals surface area contributed by atoms with Gasteiger partial charge in [-0.25, -0.2) is 8.42 Å². The second-order valence-corrected chi connectivity index (χ2v) is 9.81. The van der Waals surface area contributed by atoms with Crippen LogP contribution in [0.4, 0.5) is 5.95 Å². The van der Waals surface area contributed by atoms with Crippen molar-refractivity contribution in [2.24, 2.45) is 0 Å². The molecule has 0 aliphatic carbocycles. The molecule has 1 saturated heterocycles. The van der Waals surface area contributed by atoms with E-state index < -0.39 is 10.0 Å². The zero-order valence-corrected chi connectivity index (χ0v) is 19.9. The molecule has 0 bridgehead atoms. The summed E-state index contributed by atoms with van der Waals surface area (Å²) in [7, 11) is -0.687. The molecule has 2 aromatic carbocycles. The van der Waals surface area contributed by atoms with Crippen molar-refractivity contribution in [3.8, 4) is 17.2 Å². The van der Waals surface area contributed by atoms with Crippen molar-refractivity contribution in [2.45, 2.75) is 25.4 Å². The Labute approximate surface area is 197 Å². The number of anilines is 1. The van der Waals surface area contributed by atoms with Gasteiger partial charge in [0, 0.05) is 11.6 Å². The number of ether oxygens (including phenoxy) is 3. The molecule has 0 spiro atoms. The van der Waals surface area contributed by atoms with E-state index in [4.69, 9.17) is 25.8 Å². The molecule has 1 aromatic heterocycles. The Morgan fingerprint density at radius 3 is 2.42 bits per heavy atom. The fourth-order valence-electron chi connectivity index (χ4n) is 3.72. The maximum Gasteiger partial charge on any atom is 0.243 e. The van der Waals surface area contributed by atoms with Crippen molar-refractivity contribution in [1.29, 1.82) is 0 Å². The minimum absolute atomic E-state index is 0.0411. The average Bonchev–Trinajstić information content (AvgIpc) is 3.48. The van der Waals surface area contributed by atoms with Crippen molar-refractivity contribution >= 4 is 27.6 Å². The summed E-state index contributed by atoms with van der Waals surface area (Å²) >= 11 is 5.91.